The quantitative estimate of drug-likeness (QED) is 0.696. The maximum atomic E-state index is 11.8. The van der Waals surface area contributed by atoms with Crippen LogP contribution in [0.15, 0.2) is 0 Å². The van der Waals surface area contributed by atoms with Crippen LogP contribution in [0.3, 0.4) is 0 Å². The number of ether oxygens (including phenoxy) is 3. The van der Waals surface area contributed by atoms with E-state index in [0.29, 0.717) is 6.61 Å². The smallest absolute Gasteiger partial charge is 0.309 e. The zero-order valence-corrected chi connectivity index (χ0v) is 11.3. The van der Waals surface area contributed by atoms with E-state index in [1.807, 2.05) is 34.6 Å². The van der Waals surface area contributed by atoms with E-state index < -0.39 is 11.4 Å². The molecule has 1 aliphatic carbocycles. The van der Waals surface area contributed by atoms with E-state index in [-0.39, 0.29) is 23.9 Å². The first-order valence-corrected chi connectivity index (χ1v) is 6.23. The summed E-state index contributed by atoms with van der Waals surface area (Å²) in [5, 5.41) is 0. The van der Waals surface area contributed by atoms with Crippen molar-refractivity contribution >= 4 is 5.97 Å². The zero-order chi connectivity index (χ0) is 12.8. The van der Waals surface area contributed by atoms with Gasteiger partial charge in [0, 0.05) is 5.92 Å². The average molecular weight is 242 g/mol. The first-order chi connectivity index (χ1) is 7.68. The Morgan fingerprint density at radius 2 is 2.00 bits per heavy atom. The highest BCUT2D eigenvalue weighted by Crippen LogP contribution is 2.46. The van der Waals surface area contributed by atoms with Gasteiger partial charge in [0.2, 0.25) is 0 Å². The maximum Gasteiger partial charge on any atom is 0.309 e. The van der Waals surface area contributed by atoms with E-state index in [4.69, 9.17) is 14.2 Å². The van der Waals surface area contributed by atoms with Gasteiger partial charge in [-0.25, -0.2) is 0 Å². The molecule has 0 aromatic carbocycles. The fourth-order valence-electron chi connectivity index (χ4n) is 2.20. The van der Waals surface area contributed by atoms with E-state index >= 15 is 0 Å². The normalized spacial score (nSPS) is 35.7. The van der Waals surface area contributed by atoms with Gasteiger partial charge in [-0.1, -0.05) is 0 Å². The van der Waals surface area contributed by atoms with Gasteiger partial charge in [0.15, 0.2) is 5.79 Å². The minimum atomic E-state index is -0.508. The first kappa shape index (κ1) is 12.8. The van der Waals surface area contributed by atoms with Gasteiger partial charge in [-0.2, -0.15) is 0 Å². The average Bonchev–Trinajstić information content (AvgIpc) is 2.83. The molecule has 1 heterocycles. The number of hydrogen-bond acceptors (Lipinski definition) is 4. The van der Waals surface area contributed by atoms with E-state index in [9.17, 15) is 4.79 Å². The number of carbonyl (C=O) groups is 1. The monoisotopic (exact) mass is 242 g/mol. The Balaban J connectivity index is 1.83. The molecule has 0 N–H and O–H groups in total. The highest BCUT2D eigenvalue weighted by molar-refractivity contribution is 5.76. The molecule has 1 aliphatic heterocycles. The minimum absolute atomic E-state index is 0.00303. The molecule has 0 aromatic rings. The summed E-state index contributed by atoms with van der Waals surface area (Å²) in [6.07, 6.45) is 0.904. The minimum Gasteiger partial charge on any atom is -0.460 e. The Bertz CT molecular complexity index is 316. The summed E-state index contributed by atoms with van der Waals surface area (Å²) < 4.78 is 16.6. The van der Waals surface area contributed by atoms with Crippen molar-refractivity contribution in [3.05, 3.63) is 0 Å². The molecule has 2 fully saturated rings. The summed E-state index contributed by atoms with van der Waals surface area (Å²) in [4.78, 5) is 11.8. The van der Waals surface area contributed by atoms with Crippen LogP contribution in [0.25, 0.3) is 0 Å². The topological polar surface area (TPSA) is 44.8 Å². The molecule has 4 heteroatoms. The Hall–Kier alpha value is -0.610. The Labute approximate surface area is 103 Å². The number of carbonyl (C=O) groups excluding carboxylic acids is 1. The fourth-order valence-corrected chi connectivity index (χ4v) is 2.20. The summed E-state index contributed by atoms with van der Waals surface area (Å²) in [7, 11) is 0. The molecule has 0 radical (unpaired) electrons. The summed E-state index contributed by atoms with van der Waals surface area (Å²) in [6.45, 7) is 10.1. The molecule has 17 heavy (non-hydrogen) atoms. The van der Waals surface area contributed by atoms with Crippen molar-refractivity contribution in [1.82, 2.24) is 0 Å². The standard InChI is InChI=1S/C13H22O4/c1-12(2,3)17-11(14)9-6-8(9)10-7-15-13(4,5)16-10/h8-10H,6-7H2,1-5H3/t8-,9-,10?/m1/s1. The van der Waals surface area contributed by atoms with Crippen molar-refractivity contribution in [1.29, 1.82) is 0 Å². The van der Waals surface area contributed by atoms with E-state index in [1.165, 1.54) is 0 Å². The van der Waals surface area contributed by atoms with Gasteiger partial charge in [-0.15, -0.1) is 0 Å². The third kappa shape index (κ3) is 3.19. The summed E-state index contributed by atoms with van der Waals surface area (Å²) in [5.41, 5.74) is -0.406. The van der Waals surface area contributed by atoms with Crippen molar-refractivity contribution in [2.45, 2.75) is 58.5 Å². The lowest BCUT2D eigenvalue weighted by Gasteiger charge is -2.20. The van der Waals surface area contributed by atoms with Crippen LogP contribution < -0.4 is 0 Å². The molecule has 1 saturated carbocycles. The summed E-state index contributed by atoms with van der Waals surface area (Å²) in [5.74, 6) is -0.342. The van der Waals surface area contributed by atoms with Gasteiger partial charge >= 0.3 is 5.97 Å². The number of hydrogen-bond donors (Lipinski definition) is 0. The highest BCUT2D eigenvalue weighted by Gasteiger charge is 2.53. The predicted octanol–water partition coefficient (Wildman–Crippen LogP) is 2.12. The van der Waals surface area contributed by atoms with Gasteiger partial charge in [0.05, 0.1) is 18.6 Å². The molecule has 0 aromatic heterocycles. The molecule has 0 bridgehead atoms. The summed E-state index contributed by atoms with van der Waals surface area (Å²) >= 11 is 0. The van der Waals surface area contributed by atoms with Crippen molar-refractivity contribution in [2.24, 2.45) is 11.8 Å². The molecule has 4 nitrogen and oxygen atoms in total. The lowest BCUT2D eigenvalue weighted by Crippen LogP contribution is -2.27. The van der Waals surface area contributed by atoms with Crippen molar-refractivity contribution in [2.75, 3.05) is 6.61 Å². The Morgan fingerprint density at radius 3 is 2.47 bits per heavy atom. The largest absolute Gasteiger partial charge is 0.460 e. The van der Waals surface area contributed by atoms with Crippen LogP contribution in [0.5, 0.6) is 0 Å². The van der Waals surface area contributed by atoms with Crippen molar-refractivity contribution in [3.8, 4) is 0 Å². The molecular weight excluding hydrogens is 220 g/mol. The van der Waals surface area contributed by atoms with Crippen molar-refractivity contribution < 1.29 is 19.0 Å². The number of esters is 1. The molecule has 3 atom stereocenters. The first-order valence-electron chi connectivity index (χ1n) is 6.23. The molecule has 2 aliphatic rings. The Morgan fingerprint density at radius 1 is 1.35 bits per heavy atom. The van der Waals surface area contributed by atoms with Crippen LogP contribution in [0.4, 0.5) is 0 Å². The Kier molecular flexibility index (Phi) is 2.99. The van der Waals surface area contributed by atoms with Gasteiger partial charge < -0.3 is 14.2 Å². The van der Waals surface area contributed by atoms with Crippen LogP contribution in [0.2, 0.25) is 0 Å². The molecule has 98 valence electrons. The summed E-state index contributed by atoms with van der Waals surface area (Å²) in [6, 6.07) is 0. The van der Waals surface area contributed by atoms with E-state index in [0.717, 1.165) is 6.42 Å². The van der Waals surface area contributed by atoms with Gasteiger partial charge in [-0.3, -0.25) is 4.79 Å². The molecule has 0 amide bonds. The lowest BCUT2D eigenvalue weighted by molar-refractivity contribution is -0.159. The van der Waals surface area contributed by atoms with E-state index in [1.54, 1.807) is 0 Å². The third-order valence-electron chi connectivity index (χ3n) is 3.06. The predicted molar refractivity (Wildman–Crippen MR) is 62.3 cm³/mol. The maximum absolute atomic E-state index is 11.8. The van der Waals surface area contributed by atoms with Gasteiger partial charge in [0.1, 0.15) is 5.60 Å². The van der Waals surface area contributed by atoms with Crippen LogP contribution in [-0.4, -0.2) is 30.1 Å². The van der Waals surface area contributed by atoms with Crippen molar-refractivity contribution in [3.63, 3.8) is 0 Å². The highest BCUT2D eigenvalue weighted by atomic mass is 16.7. The van der Waals surface area contributed by atoms with Crippen LogP contribution in [0, 0.1) is 11.8 Å². The number of rotatable bonds is 2. The van der Waals surface area contributed by atoms with Gasteiger partial charge in [0.25, 0.3) is 0 Å². The SMILES string of the molecule is CC(C)(C)OC(=O)[C@@H]1C[C@H]1C1COC(C)(C)O1. The van der Waals surface area contributed by atoms with E-state index in [2.05, 4.69) is 0 Å². The molecular formula is C13H22O4. The lowest BCUT2D eigenvalue weighted by atomic mass is 10.1. The molecule has 0 spiro atoms. The second-order valence-electron chi connectivity index (χ2n) is 6.41. The third-order valence-corrected chi connectivity index (χ3v) is 3.06. The zero-order valence-electron chi connectivity index (χ0n) is 11.3. The van der Waals surface area contributed by atoms with Crippen LogP contribution >= 0.6 is 0 Å². The molecule has 2 rings (SSSR count). The van der Waals surface area contributed by atoms with Gasteiger partial charge in [-0.05, 0) is 41.0 Å². The van der Waals surface area contributed by atoms with Crippen LogP contribution in [-0.2, 0) is 19.0 Å². The molecule has 1 unspecified atom stereocenters. The van der Waals surface area contributed by atoms with Crippen LogP contribution in [0.1, 0.15) is 41.0 Å². The fraction of sp³-hybridized carbons (Fsp3) is 0.923. The second kappa shape index (κ2) is 3.95. The molecule has 1 saturated heterocycles. The second-order valence-corrected chi connectivity index (χ2v) is 6.41.